The summed E-state index contributed by atoms with van der Waals surface area (Å²) >= 11 is 7.29. The molecule has 148 valence electrons. The molecule has 2 aromatic carbocycles. The van der Waals surface area contributed by atoms with Crippen LogP contribution in [0.15, 0.2) is 36.4 Å². The topological polar surface area (TPSA) is 36.4 Å². The second-order valence-corrected chi connectivity index (χ2v) is 7.61. The highest BCUT2D eigenvalue weighted by molar-refractivity contribution is 7.22. The highest BCUT2D eigenvalue weighted by atomic mass is 35.5. The predicted molar refractivity (Wildman–Crippen MR) is 110 cm³/mol. The summed E-state index contributed by atoms with van der Waals surface area (Å²) in [7, 11) is 0. The van der Waals surface area contributed by atoms with Gasteiger partial charge in [-0.25, -0.2) is 13.8 Å². The van der Waals surface area contributed by atoms with Gasteiger partial charge in [0.15, 0.2) is 10.9 Å². The number of carbonyl (C=O) groups excluding carboxylic acids is 1. The summed E-state index contributed by atoms with van der Waals surface area (Å²) < 4.78 is 28.0. The number of rotatable bonds is 7. The molecular formula is C20H20ClF2N3OS. The lowest BCUT2D eigenvalue weighted by Crippen LogP contribution is -2.39. The number of carbonyl (C=O) groups is 1. The van der Waals surface area contributed by atoms with Crippen LogP contribution in [0.25, 0.3) is 10.2 Å². The largest absolute Gasteiger partial charge is 0.302 e. The van der Waals surface area contributed by atoms with Crippen LogP contribution in [-0.2, 0) is 0 Å². The average Bonchev–Trinajstić information content (AvgIpc) is 3.09. The molecule has 28 heavy (non-hydrogen) atoms. The Hall–Kier alpha value is -2.09. The van der Waals surface area contributed by atoms with E-state index in [-0.39, 0.29) is 11.4 Å². The molecule has 0 aliphatic rings. The number of anilines is 1. The minimum absolute atomic E-state index is 0.0567. The molecule has 0 radical (unpaired) electrons. The van der Waals surface area contributed by atoms with E-state index in [0.29, 0.717) is 33.5 Å². The van der Waals surface area contributed by atoms with Crippen molar-refractivity contribution >= 4 is 44.2 Å². The van der Waals surface area contributed by atoms with Crippen molar-refractivity contribution in [2.24, 2.45) is 0 Å². The maximum Gasteiger partial charge on any atom is 0.261 e. The highest BCUT2D eigenvalue weighted by Crippen LogP contribution is 2.32. The maximum atomic E-state index is 14.1. The fraction of sp³-hybridized carbons (Fsp3) is 0.300. The predicted octanol–water partition coefficient (Wildman–Crippen LogP) is 5.22. The van der Waals surface area contributed by atoms with Crippen LogP contribution in [0.4, 0.5) is 13.9 Å². The Balaban J connectivity index is 2.02. The van der Waals surface area contributed by atoms with Gasteiger partial charge in [0.05, 0.1) is 15.3 Å². The molecule has 1 amide bonds. The number of fused-ring (bicyclic) bond motifs is 1. The SMILES string of the molecule is CCN(CC)CCN(C(=O)c1ccccc1Cl)c1nc2c(F)cc(F)cc2s1. The van der Waals surface area contributed by atoms with Gasteiger partial charge in [0.1, 0.15) is 11.3 Å². The first-order valence-corrected chi connectivity index (χ1v) is 10.2. The zero-order chi connectivity index (χ0) is 20.3. The monoisotopic (exact) mass is 423 g/mol. The molecule has 0 saturated heterocycles. The third-order valence-electron chi connectivity index (χ3n) is 4.52. The van der Waals surface area contributed by atoms with E-state index >= 15 is 0 Å². The van der Waals surface area contributed by atoms with E-state index < -0.39 is 11.6 Å². The Kier molecular flexibility index (Phi) is 6.59. The van der Waals surface area contributed by atoms with Crippen LogP contribution < -0.4 is 4.90 Å². The average molecular weight is 424 g/mol. The second kappa shape index (κ2) is 8.94. The molecular weight excluding hydrogens is 404 g/mol. The summed E-state index contributed by atoms with van der Waals surface area (Å²) in [6.07, 6.45) is 0. The van der Waals surface area contributed by atoms with Gasteiger partial charge in [0.2, 0.25) is 0 Å². The zero-order valence-electron chi connectivity index (χ0n) is 15.6. The number of hydrogen-bond donors (Lipinski definition) is 0. The third-order valence-corrected chi connectivity index (χ3v) is 5.87. The van der Waals surface area contributed by atoms with Crippen molar-refractivity contribution in [2.75, 3.05) is 31.1 Å². The van der Waals surface area contributed by atoms with Crippen molar-refractivity contribution in [2.45, 2.75) is 13.8 Å². The molecule has 0 atom stereocenters. The molecule has 3 rings (SSSR count). The normalized spacial score (nSPS) is 11.4. The van der Waals surface area contributed by atoms with Gasteiger partial charge >= 0.3 is 0 Å². The zero-order valence-corrected chi connectivity index (χ0v) is 17.2. The van der Waals surface area contributed by atoms with Crippen LogP contribution in [0.2, 0.25) is 5.02 Å². The molecule has 0 aliphatic carbocycles. The lowest BCUT2D eigenvalue weighted by atomic mass is 10.2. The Morgan fingerprint density at radius 1 is 1.14 bits per heavy atom. The van der Waals surface area contributed by atoms with Gasteiger partial charge < -0.3 is 4.90 Å². The summed E-state index contributed by atoms with van der Waals surface area (Å²) in [5.41, 5.74) is 0.399. The number of halogens is 3. The quantitative estimate of drug-likeness (QED) is 0.523. The first kappa shape index (κ1) is 20.6. The third kappa shape index (κ3) is 4.32. The molecule has 0 bridgehead atoms. The van der Waals surface area contributed by atoms with E-state index in [1.165, 1.54) is 11.0 Å². The first-order valence-electron chi connectivity index (χ1n) is 8.98. The highest BCUT2D eigenvalue weighted by Gasteiger charge is 2.24. The summed E-state index contributed by atoms with van der Waals surface area (Å²) in [5, 5.41) is 0.648. The fourth-order valence-electron chi connectivity index (χ4n) is 2.91. The van der Waals surface area contributed by atoms with E-state index in [2.05, 4.69) is 9.88 Å². The smallest absolute Gasteiger partial charge is 0.261 e. The summed E-state index contributed by atoms with van der Waals surface area (Å²) in [4.78, 5) is 21.1. The molecule has 3 aromatic rings. The van der Waals surface area contributed by atoms with Gasteiger partial charge in [-0.1, -0.05) is 48.9 Å². The minimum Gasteiger partial charge on any atom is -0.302 e. The molecule has 0 unspecified atom stereocenters. The van der Waals surface area contributed by atoms with E-state index in [0.717, 1.165) is 30.5 Å². The van der Waals surface area contributed by atoms with Crippen molar-refractivity contribution in [3.8, 4) is 0 Å². The maximum absolute atomic E-state index is 14.1. The number of thiazole rings is 1. The van der Waals surface area contributed by atoms with Crippen LogP contribution in [-0.4, -0.2) is 42.0 Å². The number of nitrogens with zero attached hydrogens (tertiary/aromatic N) is 3. The summed E-state index contributed by atoms with van der Waals surface area (Å²) in [5.74, 6) is -1.74. The molecule has 0 fully saturated rings. The Bertz CT molecular complexity index is 991. The molecule has 0 spiro atoms. The molecule has 1 heterocycles. The van der Waals surface area contributed by atoms with Gasteiger partial charge in [-0.3, -0.25) is 9.69 Å². The van der Waals surface area contributed by atoms with Gasteiger partial charge in [-0.15, -0.1) is 0 Å². The van der Waals surface area contributed by atoms with Crippen molar-refractivity contribution in [3.63, 3.8) is 0 Å². The van der Waals surface area contributed by atoms with Gasteiger partial charge in [0.25, 0.3) is 5.91 Å². The molecule has 0 saturated carbocycles. The van der Waals surface area contributed by atoms with Crippen molar-refractivity contribution < 1.29 is 13.6 Å². The Morgan fingerprint density at radius 3 is 2.54 bits per heavy atom. The van der Waals surface area contributed by atoms with Crippen LogP contribution in [0.3, 0.4) is 0 Å². The van der Waals surface area contributed by atoms with E-state index in [1.54, 1.807) is 24.3 Å². The molecule has 0 N–H and O–H groups in total. The molecule has 4 nitrogen and oxygen atoms in total. The molecule has 0 aliphatic heterocycles. The van der Waals surface area contributed by atoms with Gasteiger partial charge in [-0.2, -0.15) is 0 Å². The van der Waals surface area contributed by atoms with E-state index in [4.69, 9.17) is 11.6 Å². The number of aromatic nitrogens is 1. The van der Waals surface area contributed by atoms with Crippen LogP contribution in [0.1, 0.15) is 24.2 Å². The molecule has 8 heteroatoms. The second-order valence-electron chi connectivity index (χ2n) is 6.19. The van der Waals surface area contributed by atoms with Crippen LogP contribution in [0.5, 0.6) is 0 Å². The van der Waals surface area contributed by atoms with Crippen molar-refractivity contribution in [1.82, 2.24) is 9.88 Å². The van der Waals surface area contributed by atoms with Crippen LogP contribution >= 0.6 is 22.9 Å². The lowest BCUT2D eigenvalue weighted by Gasteiger charge is -2.25. The number of amides is 1. The fourth-order valence-corrected chi connectivity index (χ4v) is 4.15. The van der Waals surface area contributed by atoms with Crippen molar-refractivity contribution in [1.29, 1.82) is 0 Å². The lowest BCUT2D eigenvalue weighted by molar-refractivity contribution is 0.0984. The van der Waals surface area contributed by atoms with Crippen molar-refractivity contribution in [3.05, 3.63) is 58.6 Å². The van der Waals surface area contributed by atoms with E-state index in [9.17, 15) is 13.6 Å². The van der Waals surface area contributed by atoms with Crippen LogP contribution in [0, 0.1) is 11.6 Å². The van der Waals surface area contributed by atoms with Gasteiger partial charge in [0, 0.05) is 19.2 Å². The first-order chi connectivity index (χ1) is 13.4. The number of likely N-dealkylation sites (N-methyl/N-ethyl adjacent to an activating group) is 1. The number of hydrogen-bond acceptors (Lipinski definition) is 4. The van der Waals surface area contributed by atoms with E-state index in [1.807, 2.05) is 13.8 Å². The van der Waals surface area contributed by atoms with Gasteiger partial charge in [-0.05, 0) is 31.3 Å². The number of benzene rings is 2. The Morgan fingerprint density at radius 2 is 1.86 bits per heavy atom. The summed E-state index contributed by atoms with van der Waals surface area (Å²) in [6, 6.07) is 8.78. The Labute approximate surface area is 171 Å². The molecule has 1 aromatic heterocycles. The standard InChI is InChI=1S/C20H20ClF2N3OS/c1-3-25(4-2)9-10-26(19(27)14-7-5-6-8-15(14)21)20-24-18-16(23)11-13(22)12-17(18)28-20/h5-8,11-12H,3-4,9-10H2,1-2H3. The summed E-state index contributed by atoms with van der Waals surface area (Å²) in [6.45, 7) is 6.74. The minimum atomic E-state index is -0.744.